The number of ether oxygens (including phenoxy) is 1. The minimum absolute atomic E-state index is 0. The molecule has 5 heteroatoms. The van der Waals surface area contributed by atoms with Gasteiger partial charge < -0.3 is 15.4 Å². The third kappa shape index (κ3) is 4.47. The largest absolute Gasteiger partial charge is 0.366 e. The number of nitrogens with one attached hydrogen (secondary N) is 2. The van der Waals surface area contributed by atoms with Crippen LogP contribution in [-0.2, 0) is 16.0 Å². The highest BCUT2D eigenvalue weighted by molar-refractivity contribution is 5.85. The highest BCUT2D eigenvalue weighted by Gasteiger charge is 2.23. The predicted octanol–water partition coefficient (Wildman–Crippen LogP) is 1.84. The van der Waals surface area contributed by atoms with Crippen LogP contribution in [0.15, 0.2) is 24.3 Å². The number of hydrogen-bond donors (Lipinski definition) is 2. The van der Waals surface area contributed by atoms with E-state index in [0.29, 0.717) is 13.2 Å². The number of morpholine rings is 1. The lowest BCUT2D eigenvalue weighted by Gasteiger charge is -2.24. The molecule has 0 aliphatic carbocycles. The third-order valence-corrected chi connectivity index (χ3v) is 3.47. The summed E-state index contributed by atoms with van der Waals surface area (Å²) in [4.78, 5) is 12.0. The molecule has 112 valence electrons. The number of amides is 1. The normalized spacial score (nSPS) is 19.8. The fourth-order valence-corrected chi connectivity index (χ4v) is 2.17. The van der Waals surface area contributed by atoms with E-state index in [1.165, 1.54) is 5.56 Å². The first-order chi connectivity index (χ1) is 9.20. The van der Waals surface area contributed by atoms with Crippen molar-refractivity contribution < 1.29 is 9.53 Å². The van der Waals surface area contributed by atoms with E-state index in [-0.39, 0.29) is 30.5 Å². The van der Waals surface area contributed by atoms with Crippen LogP contribution in [-0.4, -0.2) is 31.7 Å². The van der Waals surface area contributed by atoms with E-state index < -0.39 is 0 Å². The molecule has 0 aromatic heterocycles. The maximum absolute atomic E-state index is 12.0. The molecule has 1 fully saturated rings. The molecule has 1 aromatic rings. The Hall–Kier alpha value is -1.10. The van der Waals surface area contributed by atoms with Crippen LogP contribution in [0.4, 0.5) is 0 Å². The summed E-state index contributed by atoms with van der Waals surface area (Å²) >= 11 is 0. The molecule has 4 nitrogen and oxygen atoms in total. The van der Waals surface area contributed by atoms with Gasteiger partial charge >= 0.3 is 0 Å². The van der Waals surface area contributed by atoms with Crippen molar-refractivity contribution in [1.29, 1.82) is 0 Å². The van der Waals surface area contributed by atoms with E-state index in [4.69, 9.17) is 4.74 Å². The van der Waals surface area contributed by atoms with Gasteiger partial charge in [-0.05, 0) is 24.5 Å². The summed E-state index contributed by atoms with van der Waals surface area (Å²) in [6.45, 7) is 6.13. The molecular formula is C15H23ClN2O2. The zero-order chi connectivity index (χ0) is 13.7. The van der Waals surface area contributed by atoms with Crippen LogP contribution >= 0.6 is 12.4 Å². The van der Waals surface area contributed by atoms with E-state index in [0.717, 1.165) is 18.5 Å². The molecule has 2 rings (SSSR count). The van der Waals surface area contributed by atoms with Crippen LogP contribution in [0, 0.1) is 0 Å². The highest BCUT2D eigenvalue weighted by Crippen LogP contribution is 2.14. The molecule has 1 aliphatic heterocycles. The summed E-state index contributed by atoms with van der Waals surface area (Å²) < 4.78 is 5.44. The molecule has 2 atom stereocenters. The Morgan fingerprint density at radius 2 is 2.15 bits per heavy atom. The molecule has 0 saturated carbocycles. The second-order valence-corrected chi connectivity index (χ2v) is 4.89. The van der Waals surface area contributed by atoms with E-state index >= 15 is 0 Å². The third-order valence-electron chi connectivity index (χ3n) is 3.47. The predicted molar refractivity (Wildman–Crippen MR) is 82.2 cm³/mol. The molecule has 1 heterocycles. The van der Waals surface area contributed by atoms with Crippen LogP contribution in [0.25, 0.3) is 0 Å². The first kappa shape index (κ1) is 17.0. The van der Waals surface area contributed by atoms with Crippen molar-refractivity contribution in [1.82, 2.24) is 10.6 Å². The second kappa shape index (κ2) is 8.25. The summed E-state index contributed by atoms with van der Waals surface area (Å²) in [5, 5.41) is 6.16. The van der Waals surface area contributed by atoms with Crippen molar-refractivity contribution in [3.8, 4) is 0 Å². The molecule has 0 radical (unpaired) electrons. The number of carbonyl (C=O) groups excluding carboxylic acids is 1. The minimum Gasteiger partial charge on any atom is -0.366 e. The van der Waals surface area contributed by atoms with Crippen molar-refractivity contribution in [2.45, 2.75) is 32.4 Å². The first-order valence-corrected chi connectivity index (χ1v) is 6.92. The number of carbonyl (C=O) groups is 1. The van der Waals surface area contributed by atoms with Crippen LogP contribution < -0.4 is 10.6 Å². The lowest BCUT2D eigenvalue weighted by atomic mass is 10.0. The average molecular weight is 299 g/mol. The first-order valence-electron chi connectivity index (χ1n) is 6.92. The summed E-state index contributed by atoms with van der Waals surface area (Å²) in [5.41, 5.74) is 2.43. The summed E-state index contributed by atoms with van der Waals surface area (Å²) in [6, 6.07) is 8.37. The quantitative estimate of drug-likeness (QED) is 0.892. The fourth-order valence-electron chi connectivity index (χ4n) is 2.17. The number of benzene rings is 1. The van der Waals surface area contributed by atoms with Crippen molar-refractivity contribution in [3.05, 3.63) is 35.4 Å². The van der Waals surface area contributed by atoms with Crippen molar-refractivity contribution >= 4 is 18.3 Å². The molecule has 1 aromatic carbocycles. The lowest BCUT2D eigenvalue weighted by molar-refractivity contribution is -0.134. The Labute approximate surface area is 126 Å². The summed E-state index contributed by atoms with van der Waals surface area (Å²) in [6.07, 6.45) is 0.661. The van der Waals surface area contributed by atoms with Crippen LogP contribution in [0.5, 0.6) is 0 Å². The number of aryl methyl sites for hydroxylation is 1. The van der Waals surface area contributed by atoms with Gasteiger partial charge in [-0.3, -0.25) is 4.79 Å². The van der Waals surface area contributed by atoms with Crippen molar-refractivity contribution in [3.63, 3.8) is 0 Å². The number of hydrogen-bond acceptors (Lipinski definition) is 3. The number of halogens is 1. The second-order valence-electron chi connectivity index (χ2n) is 4.89. The maximum atomic E-state index is 12.0. The van der Waals surface area contributed by atoms with E-state index in [2.05, 4.69) is 41.8 Å². The Balaban J connectivity index is 0.00000200. The Bertz CT molecular complexity index is 416. The smallest absolute Gasteiger partial charge is 0.250 e. The van der Waals surface area contributed by atoms with Gasteiger partial charge in [0.15, 0.2) is 0 Å². The zero-order valence-corrected chi connectivity index (χ0v) is 12.8. The summed E-state index contributed by atoms with van der Waals surface area (Å²) in [5.74, 6) is -0.0423. The molecule has 1 saturated heterocycles. The van der Waals surface area contributed by atoms with Gasteiger partial charge in [0.25, 0.3) is 5.91 Å². The standard InChI is InChI=1S/C15H22N2O2.ClH/c1-3-12-4-6-13(7-5-12)11(2)17-15(18)14-10-16-8-9-19-14;/h4-7,11,14,16H,3,8-10H2,1-2H3,(H,17,18);1H. The Morgan fingerprint density at radius 3 is 2.70 bits per heavy atom. The van der Waals surface area contributed by atoms with Gasteiger partial charge in [0.05, 0.1) is 12.6 Å². The number of rotatable bonds is 4. The van der Waals surface area contributed by atoms with Gasteiger partial charge in [0, 0.05) is 13.1 Å². The molecule has 0 bridgehead atoms. The molecule has 1 aliphatic rings. The Morgan fingerprint density at radius 1 is 1.45 bits per heavy atom. The fraction of sp³-hybridized carbons (Fsp3) is 0.533. The molecule has 1 amide bonds. The van der Waals surface area contributed by atoms with Crippen LogP contribution in [0.3, 0.4) is 0 Å². The van der Waals surface area contributed by atoms with E-state index in [9.17, 15) is 4.79 Å². The SMILES string of the molecule is CCc1ccc(C(C)NC(=O)C2CNCCO2)cc1.Cl. The van der Waals surface area contributed by atoms with Gasteiger partial charge in [0.1, 0.15) is 6.10 Å². The molecular weight excluding hydrogens is 276 g/mol. The van der Waals surface area contributed by atoms with Gasteiger partial charge in [-0.2, -0.15) is 0 Å². The highest BCUT2D eigenvalue weighted by atomic mass is 35.5. The molecule has 2 N–H and O–H groups in total. The topological polar surface area (TPSA) is 50.4 Å². The van der Waals surface area contributed by atoms with Crippen LogP contribution in [0.2, 0.25) is 0 Å². The van der Waals surface area contributed by atoms with E-state index in [1.807, 2.05) is 6.92 Å². The van der Waals surface area contributed by atoms with E-state index in [1.54, 1.807) is 0 Å². The maximum Gasteiger partial charge on any atom is 0.250 e. The van der Waals surface area contributed by atoms with Gasteiger partial charge in [-0.25, -0.2) is 0 Å². The van der Waals surface area contributed by atoms with Gasteiger partial charge in [-0.1, -0.05) is 31.2 Å². The molecule has 0 spiro atoms. The van der Waals surface area contributed by atoms with Crippen molar-refractivity contribution in [2.75, 3.05) is 19.7 Å². The lowest BCUT2D eigenvalue weighted by Crippen LogP contribution is -2.48. The van der Waals surface area contributed by atoms with Crippen LogP contribution in [0.1, 0.15) is 31.0 Å². The van der Waals surface area contributed by atoms with Gasteiger partial charge in [-0.15, -0.1) is 12.4 Å². The minimum atomic E-state index is -0.369. The average Bonchev–Trinajstić information content (AvgIpc) is 2.48. The monoisotopic (exact) mass is 298 g/mol. The van der Waals surface area contributed by atoms with Crippen molar-refractivity contribution in [2.24, 2.45) is 0 Å². The Kier molecular flexibility index (Phi) is 6.99. The molecule has 2 unspecified atom stereocenters. The summed E-state index contributed by atoms with van der Waals surface area (Å²) in [7, 11) is 0. The zero-order valence-electron chi connectivity index (χ0n) is 12.0. The molecule has 20 heavy (non-hydrogen) atoms. The van der Waals surface area contributed by atoms with Gasteiger partial charge in [0.2, 0.25) is 0 Å².